The van der Waals surface area contributed by atoms with Crippen molar-refractivity contribution in [3.8, 4) is 0 Å². The van der Waals surface area contributed by atoms with Gasteiger partial charge in [-0.05, 0) is 30.4 Å². The van der Waals surface area contributed by atoms with Gasteiger partial charge in [-0.3, -0.25) is 10.2 Å². The van der Waals surface area contributed by atoms with Crippen molar-refractivity contribution in [1.29, 1.82) is 0 Å². The molecule has 108 valence electrons. The number of hydrazine groups is 1. The number of hydrogen-bond acceptors (Lipinski definition) is 3. The van der Waals surface area contributed by atoms with Crippen molar-refractivity contribution in [2.45, 2.75) is 51.1 Å². The maximum absolute atomic E-state index is 12.5. The van der Waals surface area contributed by atoms with Crippen LogP contribution in [0.15, 0.2) is 24.3 Å². The standard InChI is InChI=1S/C16H23N3O/c1-10(2)11-6-3-4-8-13(11)17-16(20)15-12-7-5-9-14(12)18-19-15/h3-4,6,8,10,12,14-15,18-19H,5,7,9H2,1-2H3,(H,17,20). The molecule has 1 aliphatic carbocycles. The number of hydrogen-bond donors (Lipinski definition) is 3. The molecule has 2 aliphatic rings. The Labute approximate surface area is 120 Å². The first-order chi connectivity index (χ1) is 9.66. The quantitative estimate of drug-likeness (QED) is 0.792. The molecule has 0 bridgehead atoms. The molecule has 4 nitrogen and oxygen atoms in total. The second-order valence-electron chi connectivity index (χ2n) is 6.20. The summed E-state index contributed by atoms with van der Waals surface area (Å²) in [5, 5.41) is 3.10. The first-order valence-corrected chi connectivity index (χ1v) is 7.57. The number of carbonyl (C=O) groups is 1. The minimum absolute atomic E-state index is 0.0833. The molecule has 1 aromatic carbocycles. The number of rotatable bonds is 3. The Balaban J connectivity index is 1.73. The van der Waals surface area contributed by atoms with Crippen molar-refractivity contribution >= 4 is 11.6 Å². The molecule has 1 amide bonds. The molecule has 1 saturated heterocycles. The number of amides is 1. The summed E-state index contributed by atoms with van der Waals surface area (Å²) in [6, 6.07) is 8.42. The number of anilines is 1. The van der Waals surface area contributed by atoms with Crippen molar-refractivity contribution in [1.82, 2.24) is 10.9 Å². The molecule has 2 fully saturated rings. The van der Waals surface area contributed by atoms with E-state index >= 15 is 0 Å². The first-order valence-electron chi connectivity index (χ1n) is 7.57. The molecule has 1 heterocycles. The maximum atomic E-state index is 12.5. The highest BCUT2D eigenvalue weighted by Crippen LogP contribution is 2.32. The van der Waals surface area contributed by atoms with Gasteiger partial charge in [0.15, 0.2) is 0 Å². The molecular weight excluding hydrogens is 250 g/mol. The van der Waals surface area contributed by atoms with Gasteiger partial charge in [0.25, 0.3) is 0 Å². The van der Waals surface area contributed by atoms with E-state index in [0.29, 0.717) is 17.9 Å². The number of carbonyl (C=O) groups excluding carboxylic acids is 1. The Bertz CT molecular complexity index is 500. The van der Waals surface area contributed by atoms with E-state index in [1.807, 2.05) is 18.2 Å². The summed E-state index contributed by atoms with van der Waals surface area (Å²) in [6.07, 6.45) is 3.52. The molecule has 0 aromatic heterocycles. The van der Waals surface area contributed by atoms with Crippen LogP contribution in [-0.4, -0.2) is 18.0 Å². The minimum atomic E-state index is -0.109. The summed E-state index contributed by atoms with van der Waals surface area (Å²) < 4.78 is 0. The topological polar surface area (TPSA) is 53.2 Å². The van der Waals surface area contributed by atoms with Gasteiger partial charge in [0, 0.05) is 17.6 Å². The zero-order valence-electron chi connectivity index (χ0n) is 12.1. The highest BCUT2D eigenvalue weighted by Gasteiger charge is 2.42. The van der Waals surface area contributed by atoms with E-state index in [-0.39, 0.29) is 11.9 Å². The highest BCUT2D eigenvalue weighted by molar-refractivity contribution is 5.96. The molecule has 1 aliphatic heterocycles. The minimum Gasteiger partial charge on any atom is -0.324 e. The Morgan fingerprint density at radius 3 is 2.85 bits per heavy atom. The molecule has 3 N–H and O–H groups in total. The summed E-state index contributed by atoms with van der Waals surface area (Å²) in [5.41, 5.74) is 8.56. The molecule has 0 radical (unpaired) electrons. The Morgan fingerprint density at radius 2 is 2.05 bits per heavy atom. The SMILES string of the molecule is CC(C)c1ccccc1NC(=O)C1NNC2CCCC21. The van der Waals surface area contributed by atoms with E-state index in [1.54, 1.807) is 0 Å². The van der Waals surface area contributed by atoms with Crippen molar-refractivity contribution in [3.05, 3.63) is 29.8 Å². The summed E-state index contributed by atoms with van der Waals surface area (Å²) in [6.45, 7) is 4.29. The third kappa shape index (κ3) is 2.45. The average Bonchev–Trinajstić information content (AvgIpc) is 3.01. The average molecular weight is 273 g/mol. The van der Waals surface area contributed by atoms with Gasteiger partial charge in [-0.15, -0.1) is 0 Å². The lowest BCUT2D eigenvalue weighted by atomic mass is 9.96. The van der Waals surface area contributed by atoms with Gasteiger partial charge in [-0.1, -0.05) is 38.5 Å². The normalized spacial score (nSPS) is 28.6. The Morgan fingerprint density at radius 1 is 1.25 bits per heavy atom. The number of nitrogens with one attached hydrogen (secondary N) is 3. The third-order valence-corrected chi connectivity index (χ3v) is 4.54. The van der Waals surface area contributed by atoms with Gasteiger partial charge in [0.1, 0.15) is 6.04 Å². The molecule has 1 aromatic rings. The largest absolute Gasteiger partial charge is 0.324 e. The monoisotopic (exact) mass is 273 g/mol. The smallest absolute Gasteiger partial charge is 0.243 e. The fraction of sp³-hybridized carbons (Fsp3) is 0.562. The molecule has 3 unspecified atom stereocenters. The number of benzene rings is 1. The lowest BCUT2D eigenvalue weighted by Gasteiger charge is -2.19. The van der Waals surface area contributed by atoms with E-state index in [4.69, 9.17) is 0 Å². The Hall–Kier alpha value is -1.39. The molecule has 3 rings (SSSR count). The first kappa shape index (κ1) is 13.6. The van der Waals surface area contributed by atoms with Gasteiger partial charge in [0.05, 0.1) is 0 Å². The summed E-state index contributed by atoms with van der Waals surface area (Å²) in [4.78, 5) is 12.5. The molecular formula is C16H23N3O. The van der Waals surface area contributed by atoms with Gasteiger partial charge in [-0.25, -0.2) is 5.43 Å². The predicted octanol–water partition coefficient (Wildman–Crippen LogP) is 2.39. The zero-order chi connectivity index (χ0) is 14.1. The molecule has 20 heavy (non-hydrogen) atoms. The summed E-state index contributed by atoms with van der Waals surface area (Å²) in [7, 11) is 0. The fourth-order valence-electron chi connectivity index (χ4n) is 3.46. The molecule has 1 saturated carbocycles. The van der Waals surface area contributed by atoms with Crippen LogP contribution < -0.4 is 16.2 Å². The second-order valence-corrected chi connectivity index (χ2v) is 6.20. The molecule has 0 spiro atoms. The van der Waals surface area contributed by atoms with Gasteiger partial charge in [0.2, 0.25) is 5.91 Å². The van der Waals surface area contributed by atoms with Crippen molar-refractivity contribution in [2.75, 3.05) is 5.32 Å². The fourth-order valence-corrected chi connectivity index (χ4v) is 3.46. The van der Waals surface area contributed by atoms with E-state index in [2.05, 4.69) is 36.1 Å². The van der Waals surface area contributed by atoms with Crippen LogP contribution in [0.4, 0.5) is 5.69 Å². The number of para-hydroxylation sites is 1. The zero-order valence-corrected chi connectivity index (χ0v) is 12.1. The van der Waals surface area contributed by atoms with Crippen LogP contribution in [0, 0.1) is 5.92 Å². The van der Waals surface area contributed by atoms with Gasteiger partial charge in [-0.2, -0.15) is 0 Å². The van der Waals surface area contributed by atoms with Crippen LogP contribution in [0.2, 0.25) is 0 Å². The van der Waals surface area contributed by atoms with Crippen molar-refractivity contribution < 1.29 is 4.79 Å². The van der Waals surface area contributed by atoms with E-state index < -0.39 is 0 Å². The molecule has 3 atom stereocenters. The van der Waals surface area contributed by atoms with E-state index in [0.717, 1.165) is 12.1 Å². The van der Waals surface area contributed by atoms with Crippen LogP contribution in [0.3, 0.4) is 0 Å². The highest BCUT2D eigenvalue weighted by atomic mass is 16.2. The van der Waals surface area contributed by atoms with E-state index in [9.17, 15) is 4.79 Å². The van der Waals surface area contributed by atoms with Crippen LogP contribution >= 0.6 is 0 Å². The lowest BCUT2D eigenvalue weighted by molar-refractivity contribution is -0.118. The van der Waals surface area contributed by atoms with Gasteiger partial charge >= 0.3 is 0 Å². The summed E-state index contributed by atoms with van der Waals surface area (Å²) >= 11 is 0. The van der Waals surface area contributed by atoms with Crippen LogP contribution in [0.25, 0.3) is 0 Å². The van der Waals surface area contributed by atoms with Crippen LogP contribution in [0.5, 0.6) is 0 Å². The second kappa shape index (κ2) is 5.54. The third-order valence-electron chi connectivity index (χ3n) is 4.54. The van der Waals surface area contributed by atoms with Crippen LogP contribution in [0.1, 0.15) is 44.6 Å². The number of fused-ring (bicyclic) bond motifs is 1. The van der Waals surface area contributed by atoms with E-state index in [1.165, 1.54) is 18.4 Å². The lowest BCUT2D eigenvalue weighted by Crippen LogP contribution is -2.42. The van der Waals surface area contributed by atoms with Crippen molar-refractivity contribution in [3.63, 3.8) is 0 Å². The van der Waals surface area contributed by atoms with Crippen molar-refractivity contribution in [2.24, 2.45) is 5.92 Å². The summed E-state index contributed by atoms with van der Waals surface area (Å²) in [5.74, 6) is 0.918. The predicted molar refractivity (Wildman–Crippen MR) is 80.3 cm³/mol. The molecule has 4 heteroatoms. The van der Waals surface area contributed by atoms with Gasteiger partial charge < -0.3 is 5.32 Å². The maximum Gasteiger partial charge on any atom is 0.243 e. The van der Waals surface area contributed by atoms with Crippen LogP contribution in [-0.2, 0) is 4.79 Å². The Kier molecular flexibility index (Phi) is 3.76.